The van der Waals surface area contributed by atoms with E-state index in [0.29, 0.717) is 19.6 Å². The first-order chi connectivity index (χ1) is 9.08. The molecule has 0 aromatic heterocycles. The summed E-state index contributed by atoms with van der Waals surface area (Å²) >= 11 is 3.46. The molecule has 4 nitrogen and oxygen atoms in total. The number of carbonyl (C=O) groups excluding carboxylic acids is 1. The summed E-state index contributed by atoms with van der Waals surface area (Å²) in [6.45, 7) is 4.89. The number of methoxy groups -OCH3 is 1. The number of hydrogen-bond acceptors (Lipinski definition) is 4. The Morgan fingerprint density at radius 1 is 1.47 bits per heavy atom. The Morgan fingerprint density at radius 2 is 2.21 bits per heavy atom. The van der Waals surface area contributed by atoms with Crippen LogP contribution in [0, 0.1) is 0 Å². The highest BCUT2D eigenvalue weighted by Gasteiger charge is 2.09. The van der Waals surface area contributed by atoms with Crippen molar-refractivity contribution in [3.05, 3.63) is 28.2 Å². The van der Waals surface area contributed by atoms with Gasteiger partial charge in [-0.05, 0) is 47.5 Å². The summed E-state index contributed by atoms with van der Waals surface area (Å²) in [7, 11) is 1.64. The average Bonchev–Trinajstić information content (AvgIpc) is 2.38. The SMILES string of the molecule is CCOC(=O)CCNC(C)c1ccc(OC)c(Br)c1. The zero-order valence-corrected chi connectivity index (χ0v) is 13.1. The minimum Gasteiger partial charge on any atom is -0.496 e. The standard InChI is InChI=1S/C14H20BrNO3/c1-4-19-14(17)7-8-16-10(2)11-5-6-13(18-3)12(15)9-11/h5-6,9-10,16H,4,7-8H2,1-3H3. The van der Waals surface area contributed by atoms with Crippen LogP contribution in [0.5, 0.6) is 5.75 Å². The lowest BCUT2D eigenvalue weighted by molar-refractivity contribution is -0.143. The van der Waals surface area contributed by atoms with E-state index in [1.807, 2.05) is 25.1 Å². The number of nitrogens with one attached hydrogen (secondary N) is 1. The molecule has 1 N–H and O–H groups in total. The van der Waals surface area contributed by atoms with Crippen LogP contribution in [0.15, 0.2) is 22.7 Å². The predicted molar refractivity (Wildman–Crippen MR) is 78.4 cm³/mol. The highest BCUT2D eigenvalue weighted by Crippen LogP contribution is 2.27. The van der Waals surface area contributed by atoms with E-state index in [9.17, 15) is 4.79 Å². The van der Waals surface area contributed by atoms with E-state index in [1.165, 1.54) is 0 Å². The van der Waals surface area contributed by atoms with E-state index in [0.717, 1.165) is 15.8 Å². The Hall–Kier alpha value is -1.07. The second kappa shape index (κ2) is 8.17. The van der Waals surface area contributed by atoms with Crippen molar-refractivity contribution in [3.63, 3.8) is 0 Å². The molecule has 106 valence electrons. The first-order valence-corrected chi connectivity index (χ1v) is 7.10. The van der Waals surface area contributed by atoms with E-state index in [1.54, 1.807) is 7.11 Å². The summed E-state index contributed by atoms with van der Waals surface area (Å²) in [4.78, 5) is 11.2. The minimum absolute atomic E-state index is 0.164. The Labute approximate surface area is 122 Å². The van der Waals surface area contributed by atoms with Crippen molar-refractivity contribution in [2.24, 2.45) is 0 Å². The molecule has 0 aliphatic rings. The zero-order chi connectivity index (χ0) is 14.3. The van der Waals surface area contributed by atoms with Crippen LogP contribution in [-0.4, -0.2) is 26.2 Å². The second-order valence-corrected chi connectivity index (χ2v) is 4.98. The summed E-state index contributed by atoms with van der Waals surface area (Å²) in [5, 5.41) is 3.29. The van der Waals surface area contributed by atoms with E-state index in [-0.39, 0.29) is 12.0 Å². The largest absolute Gasteiger partial charge is 0.496 e. The highest BCUT2D eigenvalue weighted by molar-refractivity contribution is 9.10. The molecule has 0 bridgehead atoms. The zero-order valence-electron chi connectivity index (χ0n) is 11.5. The number of hydrogen-bond donors (Lipinski definition) is 1. The molecule has 0 heterocycles. The Balaban J connectivity index is 2.47. The van der Waals surface area contributed by atoms with Crippen molar-refractivity contribution in [3.8, 4) is 5.75 Å². The Kier molecular flexibility index (Phi) is 6.87. The van der Waals surface area contributed by atoms with Crippen molar-refractivity contribution in [2.45, 2.75) is 26.3 Å². The third kappa shape index (κ3) is 5.20. The van der Waals surface area contributed by atoms with Gasteiger partial charge >= 0.3 is 5.97 Å². The fourth-order valence-electron chi connectivity index (χ4n) is 1.69. The molecule has 5 heteroatoms. The number of benzene rings is 1. The molecule has 0 aliphatic carbocycles. The molecular weight excluding hydrogens is 310 g/mol. The summed E-state index contributed by atoms with van der Waals surface area (Å²) < 4.78 is 11.0. The molecule has 0 fully saturated rings. The van der Waals surface area contributed by atoms with Crippen molar-refractivity contribution in [1.82, 2.24) is 5.32 Å². The molecule has 19 heavy (non-hydrogen) atoms. The van der Waals surface area contributed by atoms with Gasteiger partial charge in [0.05, 0.1) is 24.6 Å². The van der Waals surface area contributed by atoms with Gasteiger partial charge in [-0.3, -0.25) is 4.79 Å². The van der Waals surface area contributed by atoms with Gasteiger partial charge in [0.1, 0.15) is 5.75 Å². The van der Waals surface area contributed by atoms with E-state index in [2.05, 4.69) is 28.2 Å². The second-order valence-electron chi connectivity index (χ2n) is 4.12. The first-order valence-electron chi connectivity index (χ1n) is 6.31. The van der Waals surface area contributed by atoms with Crippen LogP contribution in [-0.2, 0) is 9.53 Å². The topological polar surface area (TPSA) is 47.6 Å². The quantitative estimate of drug-likeness (QED) is 0.781. The lowest BCUT2D eigenvalue weighted by Crippen LogP contribution is -2.22. The maximum absolute atomic E-state index is 11.2. The molecule has 0 radical (unpaired) electrons. The van der Waals surface area contributed by atoms with Gasteiger partial charge < -0.3 is 14.8 Å². The van der Waals surface area contributed by atoms with Gasteiger partial charge in [0.2, 0.25) is 0 Å². The monoisotopic (exact) mass is 329 g/mol. The summed E-state index contributed by atoms with van der Waals surface area (Å²) in [5.74, 6) is 0.639. The number of ether oxygens (including phenoxy) is 2. The van der Waals surface area contributed by atoms with Crippen molar-refractivity contribution in [2.75, 3.05) is 20.3 Å². The van der Waals surface area contributed by atoms with Crippen LogP contribution in [0.4, 0.5) is 0 Å². The summed E-state index contributed by atoms with van der Waals surface area (Å²) in [6, 6.07) is 6.10. The molecule has 1 atom stereocenters. The number of rotatable bonds is 7. The van der Waals surface area contributed by atoms with Gasteiger partial charge in [-0.1, -0.05) is 6.07 Å². The van der Waals surface area contributed by atoms with Crippen LogP contribution >= 0.6 is 15.9 Å². The van der Waals surface area contributed by atoms with Gasteiger partial charge in [0, 0.05) is 12.6 Å². The molecule has 0 saturated carbocycles. The number of esters is 1. The smallest absolute Gasteiger partial charge is 0.307 e. The van der Waals surface area contributed by atoms with Crippen LogP contribution < -0.4 is 10.1 Å². The lowest BCUT2D eigenvalue weighted by Gasteiger charge is -2.15. The molecule has 0 spiro atoms. The summed E-state index contributed by atoms with van der Waals surface area (Å²) in [5.41, 5.74) is 1.14. The molecule has 1 unspecified atom stereocenters. The third-order valence-corrected chi connectivity index (χ3v) is 3.38. The van der Waals surface area contributed by atoms with Crippen molar-refractivity contribution >= 4 is 21.9 Å². The van der Waals surface area contributed by atoms with Crippen molar-refractivity contribution in [1.29, 1.82) is 0 Å². The number of halogens is 1. The van der Waals surface area contributed by atoms with E-state index >= 15 is 0 Å². The first kappa shape index (κ1) is 16.0. The molecule has 1 aromatic carbocycles. The van der Waals surface area contributed by atoms with Gasteiger partial charge in [-0.2, -0.15) is 0 Å². The van der Waals surface area contributed by atoms with Crippen LogP contribution in [0.2, 0.25) is 0 Å². The Morgan fingerprint density at radius 3 is 2.79 bits per heavy atom. The van der Waals surface area contributed by atoms with Crippen molar-refractivity contribution < 1.29 is 14.3 Å². The van der Waals surface area contributed by atoms with Gasteiger partial charge in [-0.25, -0.2) is 0 Å². The van der Waals surface area contributed by atoms with E-state index < -0.39 is 0 Å². The molecule has 0 aliphatic heterocycles. The van der Waals surface area contributed by atoms with Gasteiger partial charge in [0.15, 0.2) is 0 Å². The normalized spacial score (nSPS) is 12.0. The molecule has 0 saturated heterocycles. The minimum atomic E-state index is -0.168. The van der Waals surface area contributed by atoms with Crippen LogP contribution in [0.3, 0.4) is 0 Å². The fourth-order valence-corrected chi connectivity index (χ4v) is 2.25. The highest BCUT2D eigenvalue weighted by atomic mass is 79.9. The molecular formula is C14H20BrNO3. The fraction of sp³-hybridized carbons (Fsp3) is 0.500. The molecule has 1 rings (SSSR count). The number of carbonyl (C=O) groups is 1. The van der Waals surface area contributed by atoms with Gasteiger partial charge in [-0.15, -0.1) is 0 Å². The third-order valence-electron chi connectivity index (χ3n) is 2.76. The van der Waals surface area contributed by atoms with Gasteiger partial charge in [0.25, 0.3) is 0 Å². The van der Waals surface area contributed by atoms with Crippen LogP contribution in [0.1, 0.15) is 31.9 Å². The molecule has 0 amide bonds. The lowest BCUT2D eigenvalue weighted by atomic mass is 10.1. The van der Waals surface area contributed by atoms with E-state index in [4.69, 9.17) is 9.47 Å². The maximum Gasteiger partial charge on any atom is 0.307 e. The van der Waals surface area contributed by atoms with Crippen LogP contribution in [0.25, 0.3) is 0 Å². The predicted octanol–water partition coefficient (Wildman–Crippen LogP) is 3.06. The Bertz CT molecular complexity index is 423. The maximum atomic E-state index is 11.2. The molecule has 1 aromatic rings. The average molecular weight is 330 g/mol. The summed E-state index contributed by atoms with van der Waals surface area (Å²) in [6.07, 6.45) is 0.384.